The maximum absolute atomic E-state index is 11.9. The summed E-state index contributed by atoms with van der Waals surface area (Å²) in [7, 11) is 0. The van der Waals surface area contributed by atoms with E-state index in [0.29, 0.717) is 24.5 Å². The van der Waals surface area contributed by atoms with Gasteiger partial charge in [0.05, 0.1) is 19.1 Å². The fourth-order valence-corrected chi connectivity index (χ4v) is 2.80. The van der Waals surface area contributed by atoms with Crippen molar-refractivity contribution in [1.29, 1.82) is 0 Å². The first kappa shape index (κ1) is 12.8. The third-order valence-electron chi connectivity index (χ3n) is 3.75. The number of ether oxygens (including phenoxy) is 1. The Kier molecular flexibility index (Phi) is 4.05. The molecule has 0 aromatic rings. The first-order valence-electron chi connectivity index (χ1n) is 6.67. The molecular weight excluding hydrogens is 216 g/mol. The topological polar surface area (TPSA) is 50.4 Å². The lowest BCUT2D eigenvalue weighted by Gasteiger charge is -2.24. The van der Waals surface area contributed by atoms with Crippen LogP contribution < -0.4 is 10.6 Å². The van der Waals surface area contributed by atoms with Crippen LogP contribution in [0, 0.1) is 5.41 Å². The average molecular weight is 240 g/mol. The molecule has 1 aliphatic carbocycles. The molecule has 2 N–H and O–H groups in total. The SMILES string of the molecule is CC1(C)CCC(NC(=O)CC2CNCCO2)C1. The highest BCUT2D eigenvalue weighted by atomic mass is 16.5. The summed E-state index contributed by atoms with van der Waals surface area (Å²) in [5.74, 6) is 0.140. The predicted molar refractivity (Wildman–Crippen MR) is 66.8 cm³/mol. The van der Waals surface area contributed by atoms with Gasteiger partial charge in [-0.2, -0.15) is 0 Å². The van der Waals surface area contributed by atoms with Crippen molar-refractivity contribution in [3.05, 3.63) is 0 Å². The number of nitrogens with one attached hydrogen (secondary N) is 2. The number of carbonyl (C=O) groups is 1. The fraction of sp³-hybridized carbons (Fsp3) is 0.923. The summed E-state index contributed by atoms with van der Waals surface area (Å²) >= 11 is 0. The fourth-order valence-electron chi connectivity index (χ4n) is 2.80. The van der Waals surface area contributed by atoms with E-state index in [0.717, 1.165) is 25.9 Å². The molecule has 0 spiro atoms. The molecule has 2 aliphatic rings. The molecule has 1 saturated heterocycles. The Morgan fingerprint density at radius 2 is 2.35 bits per heavy atom. The van der Waals surface area contributed by atoms with E-state index in [1.807, 2.05) is 0 Å². The van der Waals surface area contributed by atoms with Crippen LogP contribution in [0.2, 0.25) is 0 Å². The molecule has 2 atom stereocenters. The molecule has 0 bridgehead atoms. The second-order valence-corrected chi connectivity index (χ2v) is 6.07. The van der Waals surface area contributed by atoms with Crippen molar-refractivity contribution in [2.24, 2.45) is 5.41 Å². The van der Waals surface area contributed by atoms with E-state index in [9.17, 15) is 4.79 Å². The summed E-state index contributed by atoms with van der Waals surface area (Å²) in [5, 5.41) is 6.38. The third-order valence-corrected chi connectivity index (χ3v) is 3.75. The van der Waals surface area contributed by atoms with Crippen LogP contribution in [-0.4, -0.2) is 37.7 Å². The molecule has 0 aromatic heterocycles. The van der Waals surface area contributed by atoms with E-state index >= 15 is 0 Å². The molecule has 2 unspecified atom stereocenters. The van der Waals surface area contributed by atoms with Gasteiger partial charge in [-0.05, 0) is 24.7 Å². The highest BCUT2D eigenvalue weighted by Crippen LogP contribution is 2.36. The van der Waals surface area contributed by atoms with Crippen molar-refractivity contribution in [1.82, 2.24) is 10.6 Å². The summed E-state index contributed by atoms with van der Waals surface area (Å²) in [6.07, 6.45) is 3.96. The van der Waals surface area contributed by atoms with Gasteiger partial charge in [0.2, 0.25) is 5.91 Å². The van der Waals surface area contributed by atoms with Gasteiger partial charge >= 0.3 is 0 Å². The van der Waals surface area contributed by atoms with E-state index in [4.69, 9.17) is 4.74 Å². The highest BCUT2D eigenvalue weighted by molar-refractivity contribution is 5.76. The summed E-state index contributed by atoms with van der Waals surface area (Å²) < 4.78 is 5.53. The molecule has 0 radical (unpaired) electrons. The van der Waals surface area contributed by atoms with Crippen molar-refractivity contribution < 1.29 is 9.53 Å². The molecule has 1 heterocycles. The van der Waals surface area contributed by atoms with Gasteiger partial charge in [0.25, 0.3) is 0 Å². The number of rotatable bonds is 3. The Morgan fingerprint density at radius 3 is 2.94 bits per heavy atom. The number of morpholine rings is 1. The number of carbonyl (C=O) groups excluding carboxylic acids is 1. The van der Waals surface area contributed by atoms with Crippen molar-refractivity contribution >= 4 is 5.91 Å². The molecule has 2 fully saturated rings. The molecule has 1 amide bonds. The zero-order chi connectivity index (χ0) is 12.3. The smallest absolute Gasteiger partial charge is 0.222 e. The van der Waals surface area contributed by atoms with E-state index < -0.39 is 0 Å². The summed E-state index contributed by atoms with van der Waals surface area (Å²) in [6.45, 7) is 6.95. The minimum atomic E-state index is 0.0539. The van der Waals surface area contributed by atoms with Gasteiger partial charge in [0.1, 0.15) is 0 Å². The number of hydrogen-bond acceptors (Lipinski definition) is 3. The van der Waals surface area contributed by atoms with Crippen LogP contribution in [-0.2, 0) is 9.53 Å². The van der Waals surface area contributed by atoms with Crippen molar-refractivity contribution in [3.63, 3.8) is 0 Å². The van der Waals surface area contributed by atoms with Crippen LogP contribution in [0.1, 0.15) is 39.5 Å². The van der Waals surface area contributed by atoms with Gasteiger partial charge in [-0.3, -0.25) is 4.79 Å². The van der Waals surface area contributed by atoms with E-state index in [2.05, 4.69) is 24.5 Å². The minimum Gasteiger partial charge on any atom is -0.375 e. The maximum atomic E-state index is 11.9. The Hall–Kier alpha value is -0.610. The summed E-state index contributed by atoms with van der Waals surface area (Å²) in [6, 6.07) is 0.369. The van der Waals surface area contributed by atoms with Crippen LogP contribution in [0.15, 0.2) is 0 Å². The van der Waals surface area contributed by atoms with E-state index in [1.165, 1.54) is 6.42 Å². The van der Waals surface area contributed by atoms with Gasteiger partial charge in [-0.1, -0.05) is 13.8 Å². The number of hydrogen-bond donors (Lipinski definition) is 2. The molecule has 1 saturated carbocycles. The largest absolute Gasteiger partial charge is 0.375 e. The lowest BCUT2D eigenvalue weighted by atomic mass is 9.92. The van der Waals surface area contributed by atoms with Crippen LogP contribution in [0.3, 0.4) is 0 Å². The molecule has 4 heteroatoms. The zero-order valence-corrected chi connectivity index (χ0v) is 10.9. The molecule has 1 aliphatic heterocycles. The normalized spacial score (nSPS) is 32.4. The molecular formula is C13H24N2O2. The van der Waals surface area contributed by atoms with Crippen LogP contribution >= 0.6 is 0 Å². The molecule has 2 rings (SSSR count). The predicted octanol–water partition coefficient (Wildman–Crippen LogP) is 1.06. The van der Waals surface area contributed by atoms with Gasteiger partial charge in [-0.25, -0.2) is 0 Å². The van der Waals surface area contributed by atoms with E-state index in [-0.39, 0.29) is 12.0 Å². The highest BCUT2D eigenvalue weighted by Gasteiger charge is 2.32. The van der Waals surface area contributed by atoms with E-state index in [1.54, 1.807) is 0 Å². The Labute approximate surface area is 103 Å². The van der Waals surface area contributed by atoms with Crippen molar-refractivity contribution in [2.45, 2.75) is 51.7 Å². The first-order valence-corrected chi connectivity index (χ1v) is 6.67. The van der Waals surface area contributed by atoms with Gasteiger partial charge < -0.3 is 15.4 Å². The maximum Gasteiger partial charge on any atom is 0.222 e. The first-order chi connectivity index (χ1) is 8.05. The Bertz CT molecular complexity index is 273. The van der Waals surface area contributed by atoms with Gasteiger partial charge in [0.15, 0.2) is 0 Å². The Balaban J connectivity index is 1.70. The summed E-state index contributed by atoms with van der Waals surface area (Å²) in [4.78, 5) is 11.9. The summed E-state index contributed by atoms with van der Waals surface area (Å²) in [5.41, 5.74) is 0.390. The lowest BCUT2D eigenvalue weighted by molar-refractivity contribution is -0.125. The second-order valence-electron chi connectivity index (χ2n) is 6.07. The van der Waals surface area contributed by atoms with Gasteiger partial charge in [-0.15, -0.1) is 0 Å². The van der Waals surface area contributed by atoms with Crippen molar-refractivity contribution in [2.75, 3.05) is 19.7 Å². The Morgan fingerprint density at radius 1 is 1.53 bits per heavy atom. The van der Waals surface area contributed by atoms with Crippen LogP contribution in [0.5, 0.6) is 0 Å². The minimum absolute atomic E-state index is 0.0539. The van der Waals surface area contributed by atoms with Crippen molar-refractivity contribution in [3.8, 4) is 0 Å². The standard InChI is InChI=1S/C13H24N2O2/c1-13(2)4-3-10(8-13)15-12(16)7-11-9-14-5-6-17-11/h10-11,14H,3-9H2,1-2H3,(H,15,16). The molecule has 98 valence electrons. The molecule has 17 heavy (non-hydrogen) atoms. The third kappa shape index (κ3) is 3.96. The number of amides is 1. The van der Waals surface area contributed by atoms with Gasteiger partial charge in [0, 0.05) is 19.1 Å². The second kappa shape index (κ2) is 5.36. The molecule has 0 aromatic carbocycles. The van der Waals surface area contributed by atoms with Crippen LogP contribution in [0.4, 0.5) is 0 Å². The monoisotopic (exact) mass is 240 g/mol. The molecule has 4 nitrogen and oxygen atoms in total. The van der Waals surface area contributed by atoms with Crippen LogP contribution in [0.25, 0.3) is 0 Å². The zero-order valence-electron chi connectivity index (χ0n) is 10.9. The quantitative estimate of drug-likeness (QED) is 0.775. The lowest BCUT2D eigenvalue weighted by Crippen LogP contribution is -2.43. The average Bonchev–Trinajstić information content (AvgIpc) is 2.59.